The van der Waals surface area contributed by atoms with Crippen molar-refractivity contribution in [1.82, 2.24) is 10.2 Å². The molecule has 92 valence electrons. The van der Waals surface area contributed by atoms with Crippen LogP contribution in [-0.2, 0) is 4.79 Å². The number of nitrogens with one attached hydrogen (secondary N) is 1. The number of benzene rings is 1. The predicted molar refractivity (Wildman–Crippen MR) is 66.0 cm³/mol. The van der Waals surface area contributed by atoms with Crippen molar-refractivity contribution >= 4 is 5.97 Å². The molecule has 1 fully saturated rings. The molecule has 2 rings (SSSR count). The fourth-order valence-corrected chi connectivity index (χ4v) is 1.94. The highest BCUT2D eigenvalue weighted by molar-refractivity contribution is 5.74. The SMILES string of the molecule is CC1CNCCN1CC(=O)Oc1ccccc1. The Bertz CT molecular complexity index is 367. The summed E-state index contributed by atoms with van der Waals surface area (Å²) in [4.78, 5) is 13.9. The summed E-state index contributed by atoms with van der Waals surface area (Å²) in [7, 11) is 0. The van der Waals surface area contributed by atoms with Crippen LogP contribution in [0.4, 0.5) is 0 Å². The molecule has 0 saturated carbocycles. The van der Waals surface area contributed by atoms with Gasteiger partial charge in [0.05, 0.1) is 6.54 Å². The van der Waals surface area contributed by atoms with E-state index >= 15 is 0 Å². The second kappa shape index (κ2) is 5.80. The number of carbonyl (C=O) groups excluding carboxylic acids is 1. The molecule has 1 unspecified atom stereocenters. The summed E-state index contributed by atoms with van der Waals surface area (Å²) in [6.45, 7) is 5.23. The van der Waals surface area contributed by atoms with Crippen LogP contribution in [0.3, 0.4) is 0 Å². The summed E-state index contributed by atoms with van der Waals surface area (Å²) in [5, 5.41) is 3.29. The molecule has 17 heavy (non-hydrogen) atoms. The molecule has 1 aliphatic rings. The number of ether oxygens (including phenoxy) is 1. The summed E-state index contributed by atoms with van der Waals surface area (Å²) in [5.74, 6) is 0.422. The lowest BCUT2D eigenvalue weighted by Crippen LogP contribution is -2.51. The number of carbonyl (C=O) groups is 1. The summed E-state index contributed by atoms with van der Waals surface area (Å²) in [5.41, 5.74) is 0. The Morgan fingerprint density at radius 3 is 2.94 bits per heavy atom. The van der Waals surface area contributed by atoms with Crippen molar-refractivity contribution in [1.29, 1.82) is 0 Å². The van der Waals surface area contributed by atoms with Gasteiger partial charge < -0.3 is 10.1 Å². The van der Waals surface area contributed by atoms with Gasteiger partial charge in [-0.05, 0) is 19.1 Å². The van der Waals surface area contributed by atoms with E-state index in [0.29, 0.717) is 18.3 Å². The molecule has 0 bridgehead atoms. The topological polar surface area (TPSA) is 41.6 Å². The minimum atomic E-state index is -0.190. The van der Waals surface area contributed by atoms with E-state index in [1.165, 1.54) is 0 Å². The molecule has 0 aromatic heterocycles. The van der Waals surface area contributed by atoms with Crippen LogP contribution in [0.1, 0.15) is 6.92 Å². The van der Waals surface area contributed by atoms with Crippen molar-refractivity contribution < 1.29 is 9.53 Å². The predicted octanol–water partition coefficient (Wildman–Crippen LogP) is 0.886. The second-order valence-corrected chi connectivity index (χ2v) is 4.31. The van der Waals surface area contributed by atoms with Gasteiger partial charge in [0, 0.05) is 25.7 Å². The summed E-state index contributed by atoms with van der Waals surface area (Å²) in [6.07, 6.45) is 0. The van der Waals surface area contributed by atoms with Crippen molar-refractivity contribution in [3.8, 4) is 5.75 Å². The Morgan fingerprint density at radius 1 is 1.47 bits per heavy atom. The minimum Gasteiger partial charge on any atom is -0.426 e. The fourth-order valence-electron chi connectivity index (χ4n) is 1.94. The standard InChI is InChI=1S/C13H18N2O2/c1-11-9-14-7-8-15(11)10-13(16)17-12-5-3-2-4-6-12/h2-6,11,14H,7-10H2,1H3. The molecule has 0 amide bonds. The highest BCUT2D eigenvalue weighted by Crippen LogP contribution is 2.09. The van der Waals surface area contributed by atoms with Gasteiger partial charge in [-0.1, -0.05) is 18.2 Å². The number of nitrogens with zero attached hydrogens (tertiary/aromatic N) is 1. The molecule has 0 spiro atoms. The molecular weight excluding hydrogens is 216 g/mol. The first kappa shape index (κ1) is 12.1. The Hall–Kier alpha value is -1.39. The first-order chi connectivity index (χ1) is 8.25. The molecule has 1 aliphatic heterocycles. The molecule has 1 saturated heterocycles. The number of hydrogen-bond donors (Lipinski definition) is 1. The maximum absolute atomic E-state index is 11.7. The van der Waals surface area contributed by atoms with Gasteiger partial charge in [-0.15, -0.1) is 0 Å². The molecule has 1 aromatic rings. The van der Waals surface area contributed by atoms with Crippen LogP contribution in [0, 0.1) is 0 Å². The lowest BCUT2D eigenvalue weighted by atomic mass is 10.2. The molecular formula is C13H18N2O2. The van der Waals surface area contributed by atoms with Crippen LogP contribution in [0.2, 0.25) is 0 Å². The first-order valence-corrected chi connectivity index (χ1v) is 5.96. The van der Waals surface area contributed by atoms with E-state index in [2.05, 4.69) is 17.1 Å². The first-order valence-electron chi connectivity index (χ1n) is 5.96. The zero-order chi connectivity index (χ0) is 12.1. The Morgan fingerprint density at radius 2 is 2.24 bits per heavy atom. The molecule has 0 radical (unpaired) electrons. The number of hydrogen-bond acceptors (Lipinski definition) is 4. The monoisotopic (exact) mass is 234 g/mol. The van der Waals surface area contributed by atoms with E-state index < -0.39 is 0 Å². The van der Waals surface area contributed by atoms with E-state index in [0.717, 1.165) is 19.6 Å². The van der Waals surface area contributed by atoms with E-state index in [1.54, 1.807) is 12.1 Å². The van der Waals surface area contributed by atoms with Gasteiger partial charge in [0.15, 0.2) is 0 Å². The zero-order valence-corrected chi connectivity index (χ0v) is 10.1. The van der Waals surface area contributed by atoms with Crippen molar-refractivity contribution in [3.63, 3.8) is 0 Å². The van der Waals surface area contributed by atoms with Crippen LogP contribution in [0.15, 0.2) is 30.3 Å². The number of piperazine rings is 1. The third-order valence-electron chi connectivity index (χ3n) is 2.95. The Labute approximate surface area is 102 Å². The number of para-hydroxylation sites is 1. The fraction of sp³-hybridized carbons (Fsp3) is 0.462. The molecule has 1 atom stereocenters. The quantitative estimate of drug-likeness (QED) is 0.623. The van der Waals surface area contributed by atoms with Crippen LogP contribution in [0.25, 0.3) is 0 Å². The van der Waals surface area contributed by atoms with Crippen molar-refractivity contribution in [3.05, 3.63) is 30.3 Å². The van der Waals surface area contributed by atoms with Crippen LogP contribution in [-0.4, -0.2) is 43.1 Å². The molecule has 1 heterocycles. The van der Waals surface area contributed by atoms with E-state index in [4.69, 9.17) is 4.74 Å². The van der Waals surface area contributed by atoms with E-state index in [1.807, 2.05) is 18.2 Å². The zero-order valence-electron chi connectivity index (χ0n) is 10.1. The second-order valence-electron chi connectivity index (χ2n) is 4.31. The van der Waals surface area contributed by atoms with Crippen LogP contribution in [0.5, 0.6) is 5.75 Å². The van der Waals surface area contributed by atoms with Gasteiger partial charge >= 0.3 is 5.97 Å². The molecule has 4 nitrogen and oxygen atoms in total. The molecule has 1 aromatic carbocycles. The third kappa shape index (κ3) is 3.54. The van der Waals surface area contributed by atoms with Gasteiger partial charge in [-0.2, -0.15) is 0 Å². The summed E-state index contributed by atoms with van der Waals surface area (Å²) < 4.78 is 5.26. The lowest BCUT2D eigenvalue weighted by Gasteiger charge is -2.32. The van der Waals surface area contributed by atoms with Gasteiger partial charge in [0.1, 0.15) is 5.75 Å². The van der Waals surface area contributed by atoms with Gasteiger partial charge in [0.25, 0.3) is 0 Å². The van der Waals surface area contributed by atoms with Gasteiger partial charge in [-0.25, -0.2) is 0 Å². The van der Waals surface area contributed by atoms with Gasteiger partial charge in [-0.3, -0.25) is 9.69 Å². The lowest BCUT2D eigenvalue weighted by molar-refractivity contribution is -0.136. The van der Waals surface area contributed by atoms with E-state index in [9.17, 15) is 4.79 Å². The minimum absolute atomic E-state index is 0.190. The Balaban J connectivity index is 1.84. The maximum Gasteiger partial charge on any atom is 0.325 e. The third-order valence-corrected chi connectivity index (χ3v) is 2.95. The van der Waals surface area contributed by atoms with Crippen molar-refractivity contribution in [2.75, 3.05) is 26.2 Å². The average Bonchev–Trinajstić information content (AvgIpc) is 2.33. The average molecular weight is 234 g/mol. The normalized spacial score (nSPS) is 21.1. The smallest absolute Gasteiger partial charge is 0.325 e. The largest absolute Gasteiger partial charge is 0.426 e. The van der Waals surface area contributed by atoms with Crippen molar-refractivity contribution in [2.45, 2.75) is 13.0 Å². The number of esters is 1. The highest BCUT2D eigenvalue weighted by atomic mass is 16.5. The summed E-state index contributed by atoms with van der Waals surface area (Å²) in [6, 6.07) is 9.58. The van der Waals surface area contributed by atoms with Gasteiger partial charge in [0.2, 0.25) is 0 Å². The van der Waals surface area contributed by atoms with Crippen LogP contribution < -0.4 is 10.1 Å². The molecule has 4 heteroatoms. The van der Waals surface area contributed by atoms with Crippen LogP contribution >= 0.6 is 0 Å². The maximum atomic E-state index is 11.7. The molecule has 1 N–H and O–H groups in total. The summed E-state index contributed by atoms with van der Waals surface area (Å²) >= 11 is 0. The van der Waals surface area contributed by atoms with E-state index in [-0.39, 0.29) is 5.97 Å². The highest BCUT2D eigenvalue weighted by Gasteiger charge is 2.20. The Kier molecular flexibility index (Phi) is 4.12. The number of rotatable bonds is 3. The van der Waals surface area contributed by atoms with Crippen molar-refractivity contribution in [2.24, 2.45) is 0 Å². The molecule has 0 aliphatic carbocycles.